The van der Waals surface area contributed by atoms with Crippen LogP contribution in [0.3, 0.4) is 0 Å². The first kappa shape index (κ1) is 37.5. The molecule has 4 nitrogen and oxygen atoms in total. The summed E-state index contributed by atoms with van der Waals surface area (Å²) in [7, 11) is 1.66. The molecule has 0 amide bonds. The van der Waals surface area contributed by atoms with E-state index in [9.17, 15) is 4.79 Å². The molecule has 3 aromatic rings. The number of carbonyl (C=O) groups excluding carboxylic acids is 1. The molecule has 0 saturated heterocycles. The van der Waals surface area contributed by atoms with Crippen LogP contribution in [0.2, 0.25) is 0 Å². The van der Waals surface area contributed by atoms with Gasteiger partial charge in [0.25, 0.3) is 0 Å². The van der Waals surface area contributed by atoms with Crippen molar-refractivity contribution < 1.29 is 14.3 Å². The van der Waals surface area contributed by atoms with Crippen molar-refractivity contribution in [3.63, 3.8) is 0 Å². The Kier molecular flexibility index (Phi) is 19.2. The summed E-state index contributed by atoms with van der Waals surface area (Å²) < 4.78 is 11.1. The van der Waals surface area contributed by atoms with Gasteiger partial charge >= 0.3 is 0 Å². The number of aryl methyl sites for hydroxylation is 1. The third-order valence-corrected chi connectivity index (χ3v) is 7.26. The fourth-order valence-corrected chi connectivity index (χ4v) is 4.15. The van der Waals surface area contributed by atoms with Crippen LogP contribution < -0.4 is 4.74 Å². The lowest BCUT2D eigenvalue weighted by molar-refractivity contribution is -0.117. The van der Waals surface area contributed by atoms with Crippen LogP contribution in [-0.4, -0.2) is 30.9 Å². The molecule has 0 spiro atoms. The van der Waals surface area contributed by atoms with E-state index in [1.165, 1.54) is 42.4 Å². The Morgan fingerprint density at radius 1 is 0.814 bits per heavy atom. The van der Waals surface area contributed by atoms with Crippen molar-refractivity contribution in [3.05, 3.63) is 113 Å². The molecule has 0 aromatic heterocycles. The predicted octanol–water partition coefficient (Wildman–Crippen LogP) is 10.3. The maximum atomic E-state index is 12.3. The van der Waals surface area contributed by atoms with Gasteiger partial charge in [-0.3, -0.25) is 4.79 Å². The van der Waals surface area contributed by atoms with Crippen LogP contribution in [0.4, 0.5) is 0 Å². The average Bonchev–Trinajstić information content (AvgIpc) is 2.99. The lowest BCUT2D eigenvalue weighted by Crippen LogP contribution is -2.24. The number of methoxy groups -OCH3 is 1. The van der Waals surface area contributed by atoms with Crippen molar-refractivity contribution in [2.75, 3.05) is 20.3 Å². The number of ether oxygens (including phenoxy) is 2. The Bertz CT molecular complexity index is 1160. The summed E-state index contributed by atoms with van der Waals surface area (Å²) >= 11 is 0. The van der Waals surface area contributed by atoms with Gasteiger partial charge in [-0.2, -0.15) is 0 Å². The minimum atomic E-state index is -0.0455. The zero-order valence-corrected chi connectivity index (χ0v) is 28.4. The molecule has 0 radical (unpaired) electrons. The van der Waals surface area contributed by atoms with Gasteiger partial charge in [0.2, 0.25) is 0 Å². The zero-order chi connectivity index (χ0) is 32.0. The first-order chi connectivity index (χ1) is 20.7. The van der Waals surface area contributed by atoms with Gasteiger partial charge in [-0.15, -0.1) is 0 Å². The number of hydrogen-bond acceptors (Lipinski definition) is 4. The molecular weight excluding hydrogens is 530 g/mol. The number of nitrogens with zero attached hydrogens (tertiary/aromatic N) is 1. The van der Waals surface area contributed by atoms with Gasteiger partial charge < -0.3 is 14.4 Å². The molecule has 1 saturated carbocycles. The zero-order valence-electron chi connectivity index (χ0n) is 28.4. The number of benzene rings is 3. The molecule has 0 unspecified atom stereocenters. The average molecular weight is 588 g/mol. The van der Waals surface area contributed by atoms with Crippen LogP contribution in [0.25, 0.3) is 0 Å². The second kappa shape index (κ2) is 22.1. The van der Waals surface area contributed by atoms with E-state index in [2.05, 4.69) is 69.0 Å². The molecule has 0 bridgehead atoms. The van der Waals surface area contributed by atoms with Crippen molar-refractivity contribution in [1.82, 2.24) is 4.90 Å². The van der Waals surface area contributed by atoms with Crippen LogP contribution in [-0.2, 0) is 22.5 Å². The molecule has 43 heavy (non-hydrogen) atoms. The fourth-order valence-electron chi connectivity index (χ4n) is 4.15. The van der Waals surface area contributed by atoms with Crippen LogP contribution in [0.5, 0.6) is 5.75 Å². The second-order valence-electron chi connectivity index (χ2n) is 10.9. The molecule has 0 N–H and O–H groups in total. The van der Waals surface area contributed by atoms with Gasteiger partial charge in [0.1, 0.15) is 5.75 Å². The second-order valence-corrected chi connectivity index (χ2v) is 10.9. The molecule has 4 rings (SSSR count). The number of rotatable bonds is 11. The molecule has 3 aromatic carbocycles. The SMILES string of the molecule is C1CCC1.CC.CCN(Cc1ccc(C(C)C)cc1)/C(C)=C(\OCCc1ccc(OC)cc1)C(C)=O.Cc1ccccc1. The number of Topliss-reactive ketones (excluding diaryl/α,β-unsaturated/α-hetero) is 1. The minimum absolute atomic E-state index is 0.0455. The maximum Gasteiger partial charge on any atom is 0.196 e. The van der Waals surface area contributed by atoms with Crippen LogP contribution in [0.15, 0.2) is 90.3 Å². The minimum Gasteiger partial charge on any atom is -0.497 e. The summed E-state index contributed by atoms with van der Waals surface area (Å²) in [5.74, 6) is 1.76. The quantitative estimate of drug-likeness (QED) is 0.165. The molecule has 1 fully saturated rings. The monoisotopic (exact) mass is 587 g/mol. The Balaban J connectivity index is 0.000000582. The standard InChI is InChI=1S/C26H35NO3.C7H8.C4H8.C2H6/c1-7-27(18-23-8-12-24(13-9-23)19(2)3)20(4)26(21(5)28)30-17-16-22-10-14-25(29-6)15-11-22;1-7-5-3-2-4-6-7;1-2-4-3-1;1-2/h8-15,19H,7,16-18H2,1-6H3;2-6H,1H3;1-4H2;1-2H3/b26-20-;;;. The van der Waals surface area contributed by atoms with Gasteiger partial charge in [0.05, 0.1) is 19.4 Å². The summed E-state index contributed by atoms with van der Waals surface area (Å²) in [4.78, 5) is 14.5. The molecular formula is C39H57NO3. The third kappa shape index (κ3) is 15.0. The van der Waals surface area contributed by atoms with Crippen LogP contribution in [0, 0.1) is 6.92 Å². The Morgan fingerprint density at radius 2 is 1.35 bits per heavy atom. The van der Waals surface area contributed by atoms with Gasteiger partial charge in [0, 0.05) is 26.4 Å². The van der Waals surface area contributed by atoms with E-state index in [4.69, 9.17) is 9.47 Å². The lowest BCUT2D eigenvalue weighted by atomic mass is 10.0. The highest BCUT2D eigenvalue weighted by atomic mass is 16.5. The van der Waals surface area contributed by atoms with Gasteiger partial charge in [-0.1, -0.05) is 126 Å². The van der Waals surface area contributed by atoms with Crippen LogP contribution in [0.1, 0.15) is 102 Å². The van der Waals surface area contributed by atoms with Gasteiger partial charge in [-0.25, -0.2) is 0 Å². The predicted molar refractivity (Wildman–Crippen MR) is 184 cm³/mol. The van der Waals surface area contributed by atoms with E-state index in [-0.39, 0.29) is 5.78 Å². The highest BCUT2D eigenvalue weighted by Gasteiger charge is 2.16. The normalized spacial score (nSPS) is 12.0. The molecule has 0 heterocycles. The molecule has 0 aliphatic heterocycles. The summed E-state index contributed by atoms with van der Waals surface area (Å²) in [6.07, 6.45) is 6.73. The summed E-state index contributed by atoms with van der Waals surface area (Å²) in [6, 6.07) is 26.9. The van der Waals surface area contributed by atoms with Crippen molar-refractivity contribution in [1.29, 1.82) is 0 Å². The van der Waals surface area contributed by atoms with Gasteiger partial charge in [0.15, 0.2) is 11.5 Å². The van der Waals surface area contributed by atoms with E-state index in [1.54, 1.807) is 14.0 Å². The van der Waals surface area contributed by atoms with Crippen molar-refractivity contribution in [2.24, 2.45) is 0 Å². The maximum absolute atomic E-state index is 12.3. The van der Waals surface area contributed by atoms with E-state index in [0.29, 0.717) is 18.3 Å². The molecule has 4 heteroatoms. The first-order valence-corrected chi connectivity index (χ1v) is 16.1. The van der Waals surface area contributed by atoms with E-state index >= 15 is 0 Å². The topological polar surface area (TPSA) is 38.8 Å². The number of hydrogen-bond donors (Lipinski definition) is 0. The van der Waals surface area contributed by atoms with E-state index in [1.807, 2.05) is 63.2 Å². The Hall–Kier alpha value is -3.53. The Labute approximate surface area is 263 Å². The first-order valence-electron chi connectivity index (χ1n) is 16.1. The number of allylic oxidation sites excluding steroid dienone is 2. The Morgan fingerprint density at radius 3 is 1.74 bits per heavy atom. The molecule has 1 aliphatic carbocycles. The smallest absolute Gasteiger partial charge is 0.196 e. The summed E-state index contributed by atoms with van der Waals surface area (Å²) in [5, 5.41) is 0. The third-order valence-electron chi connectivity index (χ3n) is 7.26. The number of carbonyl (C=O) groups is 1. The van der Waals surface area contributed by atoms with Gasteiger partial charge in [-0.05, 0) is 55.5 Å². The fraction of sp³-hybridized carbons (Fsp3) is 0.462. The van der Waals surface area contributed by atoms with Crippen molar-refractivity contribution >= 4 is 5.78 Å². The highest BCUT2D eigenvalue weighted by Crippen LogP contribution is 2.20. The largest absolute Gasteiger partial charge is 0.497 e. The molecule has 1 aliphatic rings. The van der Waals surface area contributed by atoms with E-state index in [0.717, 1.165) is 36.5 Å². The van der Waals surface area contributed by atoms with E-state index < -0.39 is 0 Å². The lowest BCUT2D eigenvalue weighted by Gasteiger charge is -2.26. The molecule has 236 valence electrons. The summed E-state index contributed by atoms with van der Waals surface area (Å²) in [5.41, 5.74) is 5.91. The van der Waals surface area contributed by atoms with Crippen molar-refractivity contribution in [3.8, 4) is 5.75 Å². The van der Waals surface area contributed by atoms with Crippen molar-refractivity contribution in [2.45, 2.75) is 100.0 Å². The highest BCUT2D eigenvalue weighted by molar-refractivity contribution is 5.91. The number of ketones is 1. The van der Waals surface area contributed by atoms with Crippen LogP contribution >= 0.6 is 0 Å². The molecule has 0 atom stereocenters. The summed E-state index contributed by atoms with van der Waals surface area (Å²) in [6.45, 7) is 18.1.